The zero-order valence-electron chi connectivity index (χ0n) is 37.9. The smallest absolute Gasteiger partial charge is 0.255 e. The highest BCUT2D eigenvalue weighted by Crippen LogP contribution is 2.37. The molecule has 2 aromatic heterocycles. The topological polar surface area (TPSA) is 204 Å². The second kappa shape index (κ2) is 23.9. The lowest BCUT2D eigenvalue weighted by Crippen LogP contribution is -2.52. The number of piperidine rings is 1. The fraction of sp³-hybridized carbons (Fsp3) is 0.447. The molecule has 358 valence electrons. The first kappa shape index (κ1) is 50.7. The summed E-state index contributed by atoms with van der Waals surface area (Å²) >= 11 is 7.70. The normalized spacial score (nSPS) is 16.6. The van der Waals surface area contributed by atoms with Gasteiger partial charge >= 0.3 is 0 Å². The SMILES string of the molecule is CC[C@@H]1C(=O)N(C)c2cnc(Cc3ccc(C(=O)NCCOCCNCCCCCCC(=O)Nc4cccc5c4CN(C4CCC(=O)NC4=O)C5=O)cc3OC)nc2N1Cc1ccc(Cl)s1.Cl. The molecule has 3 aliphatic heterocycles. The van der Waals surface area contributed by atoms with Gasteiger partial charge in [0, 0.05) is 78.8 Å². The molecule has 1 fully saturated rings. The quantitative estimate of drug-likeness (QED) is 0.0557. The van der Waals surface area contributed by atoms with Gasteiger partial charge in [0.05, 0.1) is 37.4 Å². The van der Waals surface area contributed by atoms with E-state index in [1.165, 1.54) is 16.2 Å². The minimum absolute atomic E-state index is 0. The number of hydrogen-bond donors (Lipinski definition) is 4. The summed E-state index contributed by atoms with van der Waals surface area (Å²) in [5, 5.41) is 11.5. The molecular formula is C47H57Cl2N9O8S. The number of imide groups is 1. The van der Waals surface area contributed by atoms with Crippen LogP contribution in [-0.4, -0.2) is 109 Å². The lowest BCUT2D eigenvalue weighted by atomic mass is 10.0. The van der Waals surface area contributed by atoms with Crippen LogP contribution in [0, 0.1) is 0 Å². The molecule has 0 radical (unpaired) electrons. The maximum atomic E-state index is 13.3. The Morgan fingerprint density at radius 3 is 2.57 bits per heavy atom. The van der Waals surface area contributed by atoms with E-state index in [0.29, 0.717) is 102 Å². The van der Waals surface area contributed by atoms with E-state index in [2.05, 4.69) is 26.3 Å². The van der Waals surface area contributed by atoms with Crippen molar-refractivity contribution in [2.75, 3.05) is 62.1 Å². The number of nitrogens with one attached hydrogen (secondary N) is 4. The number of methoxy groups -OCH3 is 1. The van der Waals surface area contributed by atoms with Crippen molar-refractivity contribution in [3.63, 3.8) is 0 Å². The Morgan fingerprint density at radius 2 is 1.81 bits per heavy atom. The molecule has 5 heterocycles. The second-order valence-corrected chi connectivity index (χ2v) is 18.2. The van der Waals surface area contributed by atoms with Gasteiger partial charge in [-0.3, -0.25) is 34.1 Å². The Hall–Kier alpha value is -5.66. The minimum atomic E-state index is -0.710. The van der Waals surface area contributed by atoms with Crippen LogP contribution in [0.4, 0.5) is 17.2 Å². The van der Waals surface area contributed by atoms with Crippen molar-refractivity contribution < 1.29 is 38.2 Å². The van der Waals surface area contributed by atoms with Gasteiger partial charge in [-0.05, 0) is 68.6 Å². The Labute approximate surface area is 405 Å². The molecule has 3 aliphatic rings. The number of carbonyl (C=O) groups is 6. The summed E-state index contributed by atoms with van der Waals surface area (Å²) < 4.78 is 12.1. The van der Waals surface area contributed by atoms with Crippen LogP contribution < -0.4 is 35.8 Å². The molecule has 1 unspecified atom stereocenters. The molecular weight excluding hydrogens is 922 g/mol. The Kier molecular flexibility index (Phi) is 18.1. The highest BCUT2D eigenvalue weighted by Gasteiger charge is 2.40. The van der Waals surface area contributed by atoms with Crippen molar-refractivity contribution in [1.29, 1.82) is 0 Å². The van der Waals surface area contributed by atoms with E-state index in [9.17, 15) is 28.8 Å². The van der Waals surface area contributed by atoms with Crippen LogP contribution in [-0.2, 0) is 43.4 Å². The van der Waals surface area contributed by atoms with Gasteiger partial charge < -0.3 is 40.1 Å². The molecule has 67 heavy (non-hydrogen) atoms. The molecule has 2 aromatic carbocycles. The van der Waals surface area contributed by atoms with Crippen LogP contribution in [0.1, 0.15) is 101 Å². The molecule has 4 aromatic rings. The van der Waals surface area contributed by atoms with E-state index in [-0.39, 0.29) is 67.4 Å². The summed E-state index contributed by atoms with van der Waals surface area (Å²) in [6.07, 6.45) is 7.00. The zero-order chi connectivity index (χ0) is 46.7. The number of hydrogen-bond acceptors (Lipinski definition) is 13. The first-order valence-electron chi connectivity index (χ1n) is 22.4. The number of rotatable bonds is 22. The van der Waals surface area contributed by atoms with E-state index >= 15 is 0 Å². The van der Waals surface area contributed by atoms with Gasteiger partial charge in [-0.25, -0.2) is 9.97 Å². The summed E-state index contributed by atoms with van der Waals surface area (Å²) in [5.74, 6) is 0.301. The molecule has 17 nitrogen and oxygen atoms in total. The van der Waals surface area contributed by atoms with Crippen LogP contribution in [0.25, 0.3) is 0 Å². The largest absolute Gasteiger partial charge is 0.496 e. The summed E-state index contributed by atoms with van der Waals surface area (Å²) in [6.45, 7) is 5.36. The maximum absolute atomic E-state index is 13.3. The lowest BCUT2D eigenvalue weighted by molar-refractivity contribution is -0.137. The van der Waals surface area contributed by atoms with Crippen LogP contribution >= 0.6 is 35.3 Å². The highest BCUT2D eigenvalue weighted by molar-refractivity contribution is 7.16. The van der Waals surface area contributed by atoms with Gasteiger partial charge in [0.15, 0.2) is 5.82 Å². The van der Waals surface area contributed by atoms with Crippen molar-refractivity contribution >= 4 is 88.0 Å². The molecule has 20 heteroatoms. The predicted molar refractivity (Wildman–Crippen MR) is 258 cm³/mol. The number of carbonyl (C=O) groups excluding carboxylic acids is 6. The lowest BCUT2D eigenvalue weighted by Gasteiger charge is -2.40. The molecule has 7 rings (SSSR count). The summed E-state index contributed by atoms with van der Waals surface area (Å²) in [7, 11) is 3.31. The van der Waals surface area contributed by atoms with E-state index in [1.54, 1.807) is 55.6 Å². The number of likely N-dealkylation sites (N-methyl/N-ethyl adjacent to an activating group) is 1. The molecule has 0 saturated carbocycles. The number of benzene rings is 2. The van der Waals surface area contributed by atoms with Crippen LogP contribution in [0.5, 0.6) is 5.75 Å². The number of unbranched alkanes of at least 4 members (excludes halogenated alkanes) is 3. The van der Waals surface area contributed by atoms with E-state index in [0.717, 1.165) is 42.7 Å². The van der Waals surface area contributed by atoms with Crippen molar-refractivity contribution in [2.45, 2.75) is 89.9 Å². The van der Waals surface area contributed by atoms with Crippen LogP contribution in [0.2, 0.25) is 4.34 Å². The second-order valence-electron chi connectivity index (χ2n) is 16.4. The Balaban J connectivity index is 0.00000741. The van der Waals surface area contributed by atoms with E-state index < -0.39 is 11.9 Å². The van der Waals surface area contributed by atoms with E-state index in [4.69, 9.17) is 26.1 Å². The fourth-order valence-electron chi connectivity index (χ4n) is 8.46. The fourth-order valence-corrected chi connectivity index (χ4v) is 9.55. The van der Waals surface area contributed by atoms with Crippen molar-refractivity contribution in [2.24, 2.45) is 0 Å². The Morgan fingerprint density at radius 1 is 1.00 bits per heavy atom. The molecule has 0 spiro atoms. The monoisotopic (exact) mass is 977 g/mol. The number of amides is 6. The third-order valence-electron chi connectivity index (χ3n) is 12.0. The number of halogens is 2. The number of anilines is 3. The standard InChI is InChI=1S/C47H56ClN9O8S.ClH/c1-4-35-47(63)55(2)37-26-51-40(53-43(37)56(35)27-31-15-17-39(48)66-31)25-29-13-14-30(24-38(29)64-3)44(60)50-21-23-65-22-20-49-19-8-6-5-7-12-41(58)52-34-11-9-10-32-33(34)28-57(46(32)62)36-16-18-42(59)54-45(36)61;/h9-11,13-15,17,24,26,35-36,49H,4-8,12,16,18-23,25,27-28H2,1-3H3,(H,50,60)(H,52,58)(H,54,59,61);1H/t35-,36?;/m1./s1. The third-order valence-corrected chi connectivity index (χ3v) is 13.2. The van der Waals surface area contributed by atoms with Crippen LogP contribution in [0.15, 0.2) is 54.7 Å². The number of fused-ring (bicyclic) bond motifs is 2. The average molecular weight is 979 g/mol. The zero-order valence-corrected chi connectivity index (χ0v) is 40.2. The first-order chi connectivity index (χ1) is 31.9. The molecule has 2 atom stereocenters. The maximum Gasteiger partial charge on any atom is 0.255 e. The van der Waals surface area contributed by atoms with Gasteiger partial charge in [0.25, 0.3) is 11.8 Å². The Bertz CT molecular complexity index is 2450. The van der Waals surface area contributed by atoms with Gasteiger partial charge in [0.2, 0.25) is 23.6 Å². The number of aromatic nitrogens is 2. The molecule has 4 N–H and O–H groups in total. The summed E-state index contributed by atoms with van der Waals surface area (Å²) in [4.78, 5) is 91.8. The number of ether oxygens (including phenoxy) is 2. The van der Waals surface area contributed by atoms with Gasteiger partial charge in [-0.15, -0.1) is 23.7 Å². The van der Waals surface area contributed by atoms with Crippen molar-refractivity contribution in [1.82, 2.24) is 30.8 Å². The molecule has 1 saturated heterocycles. The summed E-state index contributed by atoms with van der Waals surface area (Å²) in [5.41, 5.74) is 3.62. The number of thiophene rings is 1. The first-order valence-corrected chi connectivity index (χ1v) is 23.6. The minimum Gasteiger partial charge on any atom is -0.496 e. The molecule has 0 bridgehead atoms. The molecule has 6 amide bonds. The van der Waals surface area contributed by atoms with Gasteiger partial charge in [-0.2, -0.15) is 0 Å². The van der Waals surface area contributed by atoms with Gasteiger partial charge in [-0.1, -0.05) is 43.5 Å². The average Bonchev–Trinajstić information content (AvgIpc) is 3.88. The highest BCUT2D eigenvalue weighted by atomic mass is 35.5. The third kappa shape index (κ3) is 12.5. The van der Waals surface area contributed by atoms with Crippen LogP contribution in [0.3, 0.4) is 0 Å². The van der Waals surface area contributed by atoms with Crippen molar-refractivity contribution in [3.8, 4) is 5.75 Å². The van der Waals surface area contributed by atoms with E-state index in [1.807, 2.05) is 30.0 Å². The number of nitrogens with zero attached hydrogens (tertiary/aromatic N) is 5. The molecule has 0 aliphatic carbocycles. The summed E-state index contributed by atoms with van der Waals surface area (Å²) in [6, 6.07) is 13.2. The predicted octanol–water partition coefficient (Wildman–Crippen LogP) is 5.66. The van der Waals surface area contributed by atoms with Gasteiger partial charge in [0.1, 0.15) is 29.3 Å². The van der Waals surface area contributed by atoms with Crippen molar-refractivity contribution in [3.05, 3.63) is 92.0 Å².